The number of hydrogen-bond acceptors (Lipinski definition) is 5. The van der Waals surface area contributed by atoms with E-state index in [4.69, 9.17) is 16.3 Å². The Morgan fingerprint density at radius 2 is 1.97 bits per heavy atom. The van der Waals surface area contributed by atoms with Crippen molar-refractivity contribution in [2.75, 3.05) is 32.8 Å². The van der Waals surface area contributed by atoms with Crippen molar-refractivity contribution >= 4 is 34.8 Å². The molecule has 0 aromatic heterocycles. The van der Waals surface area contributed by atoms with Crippen LogP contribution in [-0.4, -0.2) is 66.3 Å². The molecule has 7 nitrogen and oxygen atoms in total. The number of hydrogen-bond donors (Lipinski definition) is 1. The topological polar surface area (TPSA) is 74.2 Å². The summed E-state index contributed by atoms with van der Waals surface area (Å²) >= 11 is 6.13. The van der Waals surface area contributed by atoms with Gasteiger partial charge >= 0.3 is 0 Å². The lowest BCUT2D eigenvalue weighted by molar-refractivity contribution is -0.128. The van der Waals surface area contributed by atoms with E-state index in [0.29, 0.717) is 61.4 Å². The molecule has 0 radical (unpaired) electrons. The third kappa shape index (κ3) is 6.03. The van der Waals surface area contributed by atoms with Gasteiger partial charge in [0.1, 0.15) is 5.75 Å². The van der Waals surface area contributed by atoms with E-state index < -0.39 is 0 Å². The first kappa shape index (κ1) is 24.8. The molecule has 1 saturated heterocycles. The highest BCUT2D eigenvalue weighted by molar-refractivity contribution is 6.38. The second-order valence-corrected chi connectivity index (χ2v) is 9.22. The van der Waals surface area contributed by atoms with Crippen LogP contribution in [0.1, 0.15) is 42.6 Å². The molecule has 2 heterocycles. The summed E-state index contributed by atoms with van der Waals surface area (Å²) in [5, 5.41) is 3.78. The summed E-state index contributed by atoms with van der Waals surface area (Å²) in [7, 11) is 0. The molecule has 2 aromatic rings. The van der Waals surface area contributed by atoms with E-state index in [2.05, 4.69) is 10.3 Å². The van der Waals surface area contributed by atoms with E-state index in [1.807, 2.05) is 56.4 Å². The minimum absolute atomic E-state index is 0.0510. The van der Waals surface area contributed by atoms with Crippen molar-refractivity contribution < 1.29 is 14.3 Å². The number of nitrogens with zero attached hydrogens (tertiary/aromatic N) is 3. The maximum Gasteiger partial charge on any atom is 0.289 e. The van der Waals surface area contributed by atoms with E-state index in [0.717, 1.165) is 17.6 Å². The number of aliphatic imine (C=N–C) groups is 1. The number of piperazine rings is 1. The van der Waals surface area contributed by atoms with Crippen LogP contribution in [0.4, 0.5) is 0 Å². The lowest BCUT2D eigenvalue weighted by Crippen LogP contribution is -2.57. The van der Waals surface area contributed by atoms with Crippen LogP contribution in [0.25, 0.3) is 5.57 Å². The van der Waals surface area contributed by atoms with Crippen molar-refractivity contribution in [3.8, 4) is 5.75 Å². The zero-order chi connectivity index (χ0) is 24.8. The molecule has 1 N–H and O–H groups in total. The molecule has 0 saturated carbocycles. The molecule has 1 unspecified atom stereocenters. The zero-order valence-corrected chi connectivity index (χ0v) is 20.9. The van der Waals surface area contributed by atoms with Gasteiger partial charge in [0, 0.05) is 49.0 Å². The molecule has 2 aliphatic rings. The average molecular weight is 495 g/mol. The fourth-order valence-electron chi connectivity index (χ4n) is 4.31. The Bertz CT molecular complexity index is 1150. The van der Waals surface area contributed by atoms with Crippen LogP contribution >= 0.6 is 11.6 Å². The summed E-state index contributed by atoms with van der Waals surface area (Å²) in [6.07, 6.45) is 3.46. The van der Waals surface area contributed by atoms with Gasteiger partial charge in [-0.05, 0) is 61.2 Å². The number of amidine groups is 1. The smallest absolute Gasteiger partial charge is 0.289 e. The lowest BCUT2D eigenvalue weighted by atomic mass is 10.0. The zero-order valence-electron chi connectivity index (χ0n) is 20.2. The van der Waals surface area contributed by atoms with E-state index in [1.165, 1.54) is 0 Å². The van der Waals surface area contributed by atoms with Gasteiger partial charge in [0.05, 0.1) is 6.61 Å². The van der Waals surface area contributed by atoms with E-state index in [1.54, 1.807) is 21.9 Å². The van der Waals surface area contributed by atoms with Gasteiger partial charge in [-0.3, -0.25) is 14.6 Å². The molecule has 2 amide bonds. The maximum atomic E-state index is 13.3. The Labute approximate surface area is 211 Å². The average Bonchev–Trinajstić information content (AvgIpc) is 3.13. The molecule has 0 spiro atoms. The molecule has 0 bridgehead atoms. The Hall–Kier alpha value is -3.32. The largest absolute Gasteiger partial charge is 0.494 e. The number of amides is 2. The molecule has 2 aromatic carbocycles. The minimum Gasteiger partial charge on any atom is -0.494 e. The van der Waals surface area contributed by atoms with Gasteiger partial charge in [0.25, 0.3) is 11.8 Å². The van der Waals surface area contributed by atoms with Gasteiger partial charge in [0.2, 0.25) is 0 Å². The number of carbonyl (C=O) groups excluding carboxylic acids is 2. The molecule has 1 atom stereocenters. The second kappa shape index (κ2) is 11.4. The molecule has 4 rings (SSSR count). The quantitative estimate of drug-likeness (QED) is 0.652. The minimum atomic E-state index is -0.150. The van der Waals surface area contributed by atoms with Crippen LogP contribution in [0.15, 0.2) is 59.7 Å². The Morgan fingerprint density at radius 3 is 2.74 bits per heavy atom. The van der Waals surface area contributed by atoms with Gasteiger partial charge in [0.15, 0.2) is 5.84 Å². The third-order valence-corrected chi connectivity index (χ3v) is 6.40. The Kier molecular flexibility index (Phi) is 8.08. The molecule has 0 aliphatic carbocycles. The van der Waals surface area contributed by atoms with Gasteiger partial charge in [-0.25, -0.2) is 0 Å². The van der Waals surface area contributed by atoms with Crippen molar-refractivity contribution in [1.82, 2.24) is 15.1 Å². The van der Waals surface area contributed by atoms with Crippen LogP contribution in [0.3, 0.4) is 0 Å². The van der Waals surface area contributed by atoms with Crippen LogP contribution in [0, 0.1) is 0 Å². The highest BCUT2D eigenvalue weighted by Crippen LogP contribution is 2.23. The monoisotopic (exact) mass is 494 g/mol. The second-order valence-electron chi connectivity index (χ2n) is 8.78. The molecule has 35 heavy (non-hydrogen) atoms. The Morgan fingerprint density at radius 1 is 1.14 bits per heavy atom. The fraction of sp³-hybridized carbons (Fsp3) is 0.370. The summed E-state index contributed by atoms with van der Waals surface area (Å²) < 4.78 is 5.67. The summed E-state index contributed by atoms with van der Waals surface area (Å²) in [5.74, 6) is 0.824. The van der Waals surface area contributed by atoms with Gasteiger partial charge in [-0.15, -0.1) is 0 Å². The summed E-state index contributed by atoms with van der Waals surface area (Å²) in [6.45, 7) is 6.50. The third-order valence-electron chi connectivity index (χ3n) is 6.16. The van der Waals surface area contributed by atoms with Crippen molar-refractivity contribution in [1.29, 1.82) is 0 Å². The van der Waals surface area contributed by atoms with Crippen LogP contribution in [-0.2, 0) is 4.79 Å². The highest BCUT2D eigenvalue weighted by Gasteiger charge is 2.32. The van der Waals surface area contributed by atoms with Crippen LogP contribution < -0.4 is 10.1 Å². The van der Waals surface area contributed by atoms with Crippen molar-refractivity contribution in [3.63, 3.8) is 0 Å². The van der Waals surface area contributed by atoms with Crippen LogP contribution in [0.5, 0.6) is 5.75 Å². The van der Waals surface area contributed by atoms with Gasteiger partial charge in [-0.1, -0.05) is 36.7 Å². The van der Waals surface area contributed by atoms with Crippen molar-refractivity contribution in [2.45, 2.75) is 32.7 Å². The predicted octanol–water partition coefficient (Wildman–Crippen LogP) is 4.23. The molecule has 1 fully saturated rings. The first-order valence-corrected chi connectivity index (χ1v) is 12.4. The van der Waals surface area contributed by atoms with E-state index in [-0.39, 0.29) is 17.9 Å². The number of benzene rings is 2. The normalized spacial score (nSPS) is 18.2. The summed E-state index contributed by atoms with van der Waals surface area (Å²) in [5.41, 5.74) is 2.66. The molecule has 184 valence electrons. The number of carbonyl (C=O) groups is 2. The number of rotatable bonds is 6. The summed E-state index contributed by atoms with van der Waals surface area (Å²) in [4.78, 5) is 34.5. The predicted molar refractivity (Wildman–Crippen MR) is 139 cm³/mol. The van der Waals surface area contributed by atoms with E-state index >= 15 is 0 Å². The Balaban J connectivity index is 1.38. The molecule has 8 heteroatoms. The molecular weight excluding hydrogens is 464 g/mol. The molecule has 2 aliphatic heterocycles. The standard InChI is InChI=1S/C27H31ClN4O3/c1-3-14-35-24-9-5-7-21(16-24)26(33)31-12-13-32(19(2)18-31)27(34)25-29-11-10-22(17-30-25)20-6-4-8-23(28)15-20/h4-9,15-17,19H,3,10-14,18H2,1-2H3,(H,29,30). The number of ether oxygens (including phenoxy) is 1. The van der Waals surface area contributed by atoms with Gasteiger partial charge < -0.3 is 19.9 Å². The van der Waals surface area contributed by atoms with Crippen molar-refractivity contribution in [3.05, 3.63) is 70.9 Å². The first-order valence-electron chi connectivity index (χ1n) is 12.1. The SMILES string of the molecule is CCCOc1cccc(C(=O)N2CCN(C(=O)C3=NCCC(c4cccc(Cl)c4)=CN3)C(C)C2)c1. The molecular formula is C27H31ClN4O3. The van der Waals surface area contributed by atoms with Crippen molar-refractivity contribution in [2.24, 2.45) is 4.99 Å². The van der Waals surface area contributed by atoms with E-state index in [9.17, 15) is 9.59 Å². The van der Waals surface area contributed by atoms with Crippen LogP contribution in [0.2, 0.25) is 5.02 Å². The first-order chi connectivity index (χ1) is 17.0. The fourth-order valence-corrected chi connectivity index (χ4v) is 4.50. The maximum absolute atomic E-state index is 13.3. The number of halogens is 1. The highest BCUT2D eigenvalue weighted by atomic mass is 35.5. The summed E-state index contributed by atoms with van der Waals surface area (Å²) in [6, 6.07) is 14.8. The lowest BCUT2D eigenvalue weighted by Gasteiger charge is -2.40. The number of nitrogens with one attached hydrogen (secondary N) is 1. The van der Waals surface area contributed by atoms with Gasteiger partial charge in [-0.2, -0.15) is 0 Å².